The van der Waals surface area contributed by atoms with Crippen LogP contribution in [-0.4, -0.2) is 44.5 Å². The van der Waals surface area contributed by atoms with Crippen molar-refractivity contribution in [1.82, 2.24) is 20.2 Å². The van der Waals surface area contributed by atoms with E-state index in [9.17, 15) is 5.11 Å². The second kappa shape index (κ2) is 5.87. The third-order valence-electron chi connectivity index (χ3n) is 4.63. The van der Waals surface area contributed by atoms with Crippen LogP contribution in [0.2, 0.25) is 0 Å². The van der Waals surface area contributed by atoms with Gasteiger partial charge in [0.2, 0.25) is 0 Å². The summed E-state index contributed by atoms with van der Waals surface area (Å²) >= 11 is 0. The van der Waals surface area contributed by atoms with Gasteiger partial charge < -0.3 is 10.0 Å². The number of benzene rings is 1. The Hall–Kier alpha value is -2.47. The van der Waals surface area contributed by atoms with Gasteiger partial charge in [-0.1, -0.05) is 12.1 Å². The Labute approximate surface area is 140 Å². The Morgan fingerprint density at radius 2 is 2.04 bits per heavy atom. The summed E-state index contributed by atoms with van der Waals surface area (Å²) in [6, 6.07) is 10.1. The zero-order valence-corrected chi connectivity index (χ0v) is 13.9. The fourth-order valence-electron chi connectivity index (χ4n) is 3.49. The van der Waals surface area contributed by atoms with Gasteiger partial charge in [-0.05, 0) is 38.5 Å². The van der Waals surface area contributed by atoms with Crippen molar-refractivity contribution in [2.45, 2.75) is 26.4 Å². The molecule has 0 bridgehead atoms. The minimum absolute atomic E-state index is 0.154. The van der Waals surface area contributed by atoms with Crippen LogP contribution in [-0.2, 0) is 6.42 Å². The molecule has 3 aromatic rings. The molecule has 3 heterocycles. The van der Waals surface area contributed by atoms with Crippen molar-refractivity contribution in [2.75, 3.05) is 18.0 Å². The van der Waals surface area contributed by atoms with E-state index < -0.39 is 0 Å². The summed E-state index contributed by atoms with van der Waals surface area (Å²) in [4.78, 5) is 11.3. The monoisotopic (exact) mass is 323 g/mol. The quantitative estimate of drug-likeness (QED) is 0.771. The van der Waals surface area contributed by atoms with Crippen LogP contribution in [0.3, 0.4) is 0 Å². The third kappa shape index (κ3) is 2.73. The van der Waals surface area contributed by atoms with Crippen LogP contribution in [0.4, 0.5) is 5.82 Å². The Morgan fingerprint density at radius 1 is 1.21 bits per heavy atom. The zero-order chi connectivity index (χ0) is 16.7. The van der Waals surface area contributed by atoms with E-state index in [1.165, 1.54) is 0 Å². The average Bonchev–Trinajstić information content (AvgIpc) is 3.13. The fourth-order valence-corrected chi connectivity index (χ4v) is 3.49. The molecule has 0 spiro atoms. The second-order valence-corrected chi connectivity index (χ2v) is 6.59. The van der Waals surface area contributed by atoms with Crippen molar-refractivity contribution in [3.05, 3.63) is 47.5 Å². The van der Waals surface area contributed by atoms with Gasteiger partial charge in [-0.15, -0.1) is 0 Å². The molecule has 124 valence electrons. The molecule has 1 saturated heterocycles. The van der Waals surface area contributed by atoms with Crippen molar-refractivity contribution < 1.29 is 5.11 Å². The largest absolute Gasteiger partial charge is 0.391 e. The number of aliphatic hydroxyl groups is 1. The first-order valence-electron chi connectivity index (χ1n) is 8.27. The molecule has 0 saturated carbocycles. The summed E-state index contributed by atoms with van der Waals surface area (Å²) in [5.74, 6) is 1.82. The molecule has 0 radical (unpaired) electrons. The number of aromatic amines is 1. The van der Waals surface area contributed by atoms with Gasteiger partial charge in [0, 0.05) is 30.1 Å². The summed E-state index contributed by atoms with van der Waals surface area (Å²) in [7, 11) is 0. The van der Waals surface area contributed by atoms with Crippen molar-refractivity contribution in [3.8, 4) is 0 Å². The van der Waals surface area contributed by atoms with E-state index in [0.717, 1.165) is 46.9 Å². The highest BCUT2D eigenvalue weighted by atomic mass is 16.3. The van der Waals surface area contributed by atoms with E-state index in [2.05, 4.69) is 25.1 Å². The van der Waals surface area contributed by atoms with Crippen LogP contribution < -0.4 is 4.90 Å². The Morgan fingerprint density at radius 3 is 2.83 bits per heavy atom. The molecule has 1 aromatic carbocycles. The lowest BCUT2D eigenvalue weighted by Crippen LogP contribution is -2.23. The maximum atomic E-state index is 10.5. The Bertz CT molecular complexity index is 875. The summed E-state index contributed by atoms with van der Waals surface area (Å²) < 4.78 is 0. The Kier molecular flexibility index (Phi) is 3.69. The molecular formula is C18H21N5O. The molecule has 0 amide bonds. The number of hydrogen-bond acceptors (Lipinski definition) is 5. The van der Waals surface area contributed by atoms with Gasteiger partial charge >= 0.3 is 0 Å². The minimum Gasteiger partial charge on any atom is -0.391 e. The van der Waals surface area contributed by atoms with Gasteiger partial charge in [-0.3, -0.25) is 5.10 Å². The first-order valence-corrected chi connectivity index (χ1v) is 8.27. The zero-order valence-electron chi connectivity index (χ0n) is 13.9. The van der Waals surface area contributed by atoms with E-state index in [0.29, 0.717) is 6.54 Å². The summed E-state index contributed by atoms with van der Waals surface area (Å²) in [6.45, 7) is 5.26. The van der Waals surface area contributed by atoms with Crippen LogP contribution in [0.1, 0.15) is 17.2 Å². The van der Waals surface area contributed by atoms with Gasteiger partial charge in [-0.25, -0.2) is 9.97 Å². The van der Waals surface area contributed by atoms with Crippen LogP contribution in [0, 0.1) is 19.8 Å². The van der Waals surface area contributed by atoms with Crippen molar-refractivity contribution >= 4 is 16.7 Å². The van der Waals surface area contributed by atoms with E-state index in [4.69, 9.17) is 0 Å². The SMILES string of the molecule is Cc1nc(N2C[C@@H](Cc3cc(C)[nH]n3)[C@H](O)C2)c2ccccc2n1. The number of aliphatic hydroxyl groups excluding tert-OH is 1. The van der Waals surface area contributed by atoms with Crippen LogP contribution >= 0.6 is 0 Å². The van der Waals surface area contributed by atoms with Gasteiger partial charge in [0.05, 0.1) is 17.3 Å². The van der Waals surface area contributed by atoms with Crippen molar-refractivity contribution in [1.29, 1.82) is 0 Å². The molecule has 1 aliphatic heterocycles. The average molecular weight is 323 g/mol. The number of β-amino-alcohol motifs (C(OH)–C–C–N with tert-alkyl or cyclic N) is 1. The fraction of sp³-hybridized carbons (Fsp3) is 0.389. The highest BCUT2D eigenvalue weighted by Crippen LogP contribution is 2.30. The number of para-hydroxylation sites is 1. The number of rotatable bonds is 3. The highest BCUT2D eigenvalue weighted by molar-refractivity contribution is 5.89. The molecule has 1 fully saturated rings. The molecule has 0 unspecified atom stereocenters. The number of aromatic nitrogens is 4. The van der Waals surface area contributed by atoms with Crippen LogP contribution in [0.15, 0.2) is 30.3 Å². The molecule has 4 rings (SSSR count). The molecule has 24 heavy (non-hydrogen) atoms. The summed E-state index contributed by atoms with van der Waals surface area (Å²) in [6.07, 6.45) is 0.389. The standard InChI is InChI=1S/C18H21N5O/c1-11-7-14(22-21-11)8-13-9-23(10-17(13)24)18-15-5-3-4-6-16(15)19-12(2)20-18/h3-7,13,17,24H,8-10H2,1-2H3,(H,21,22)/t13-,17-/m1/s1. The number of hydrogen-bond donors (Lipinski definition) is 2. The maximum Gasteiger partial charge on any atom is 0.140 e. The predicted octanol–water partition coefficient (Wildman–Crippen LogP) is 2.01. The summed E-state index contributed by atoms with van der Waals surface area (Å²) in [5.41, 5.74) is 3.00. The lowest BCUT2D eigenvalue weighted by atomic mass is 10.0. The van der Waals surface area contributed by atoms with Crippen molar-refractivity contribution in [3.63, 3.8) is 0 Å². The molecule has 1 aliphatic rings. The van der Waals surface area contributed by atoms with Gasteiger partial charge in [0.15, 0.2) is 0 Å². The van der Waals surface area contributed by atoms with Gasteiger partial charge in [0.1, 0.15) is 11.6 Å². The van der Waals surface area contributed by atoms with Gasteiger partial charge in [-0.2, -0.15) is 5.10 Å². The molecule has 2 N–H and O–H groups in total. The molecule has 0 aliphatic carbocycles. The number of nitrogens with zero attached hydrogens (tertiary/aromatic N) is 4. The first kappa shape index (κ1) is 15.1. The minimum atomic E-state index is -0.379. The van der Waals surface area contributed by atoms with Crippen LogP contribution in [0.5, 0.6) is 0 Å². The topological polar surface area (TPSA) is 77.9 Å². The smallest absolute Gasteiger partial charge is 0.140 e. The summed E-state index contributed by atoms with van der Waals surface area (Å²) in [5, 5.41) is 18.8. The third-order valence-corrected chi connectivity index (χ3v) is 4.63. The van der Waals surface area contributed by atoms with E-state index in [1.807, 2.05) is 44.2 Å². The highest BCUT2D eigenvalue weighted by Gasteiger charge is 2.33. The molecule has 6 nitrogen and oxygen atoms in total. The number of aryl methyl sites for hydroxylation is 2. The van der Waals surface area contributed by atoms with Crippen molar-refractivity contribution in [2.24, 2.45) is 5.92 Å². The molecule has 6 heteroatoms. The predicted molar refractivity (Wildman–Crippen MR) is 93.0 cm³/mol. The Balaban J connectivity index is 1.62. The van der Waals surface area contributed by atoms with Gasteiger partial charge in [0.25, 0.3) is 0 Å². The number of fused-ring (bicyclic) bond motifs is 1. The number of nitrogens with one attached hydrogen (secondary N) is 1. The first-order chi connectivity index (χ1) is 11.6. The molecule has 2 aromatic heterocycles. The lowest BCUT2D eigenvalue weighted by Gasteiger charge is -2.19. The number of H-pyrrole nitrogens is 1. The lowest BCUT2D eigenvalue weighted by molar-refractivity contribution is 0.148. The van der Waals surface area contributed by atoms with E-state index in [1.54, 1.807) is 0 Å². The molecule has 2 atom stereocenters. The maximum absolute atomic E-state index is 10.5. The second-order valence-electron chi connectivity index (χ2n) is 6.59. The molecular weight excluding hydrogens is 302 g/mol. The van der Waals surface area contributed by atoms with E-state index >= 15 is 0 Å². The van der Waals surface area contributed by atoms with Crippen LogP contribution in [0.25, 0.3) is 10.9 Å². The van der Waals surface area contributed by atoms with E-state index in [-0.39, 0.29) is 12.0 Å². The normalized spacial score (nSPS) is 20.9. The number of anilines is 1.